The highest BCUT2D eigenvalue weighted by atomic mass is 16.2. The number of aromatic amines is 1. The van der Waals surface area contributed by atoms with E-state index in [1.165, 1.54) is 0 Å². The van der Waals surface area contributed by atoms with Crippen molar-refractivity contribution in [3.05, 3.63) is 34.9 Å². The minimum atomic E-state index is -0.523. The van der Waals surface area contributed by atoms with Crippen molar-refractivity contribution in [3.63, 3.8) is 0 Å². The van der Waals surface area contributed by atoms with Gasteiger partial charge in [-0.15, -0.1) is 5.10 Å². The molecule has 0 saturated carbocycles. The Morgan fingerprint density at radius 2 is 1.96 bits per heavy atom. The van der Waals surface area contributed by atoms with Crippen LogP contribution in [-0.2, 0) is 4.79 Å². The second-order valence-electron chi connectivity index (χ2n) is 6.11. The molecule has 3 rings (SSSR count). The molecule has 1 fully saturated rings. The Balaban J connectivity index is 1.80. The number of tetrazole rings is 1. The first-order valence-electron chi connectivity index (χ1n) is 7.98. The minimum Gasteiger partial charge on any atom is -0.327 e. The van der Waals surface area contributed by atoms with Crippen LogP contribution in [-0.4, -0.2) is 49.9 Å². The quantitative estimate of drug-likeness (QED) is 0.887. The van der Waals surface area contributed by atoms with Crippen molar-refractivity contribution < 1.29 is 9.59 Å². The molecule has 0 radical (unpaired) electrons. The summed E-state index contributed by atoms with van der Waals surface area (Å²) in [6, 6.07) is 5.22. The van der Waals surface area contributed by atoms with Gasteiger partial charge in [0, 0.05) is 12.1 Å². The molecule has 2 amide bonds. The SMILES string of the molecule is Cc1cc(C)cc(C(=O)N2CCCCC2C(=O)Nc2nn[nH]n2)c1. The van der Waals surface area contributed by atoms with Gasteiger partial charge in [-0.05, 0) is 50.5 Å². The van der Waals surface area contributed by atoms with Gasteiger partial charge in [0.2, 0.25) is 5.91 Å². The van der Waals surface area contributed by atoms with Crippen molar-refractivity contribution in [2.45, 2.75) is 39.2 Å². The van der Waals surface area contributed by atoms with Crippen LogP contribution in [0.15, 0.2) is 18.2 Å². The number of carbonyl (C=O) groups is 2. The van der Waals surface area contributed by atoms with E-state index < -0.39 is 6.04 Å². The van der Waals surface area contributed by atoms with Crippen LogP contribution in [0.3, 0.4) is 0 Å². The molecule has 1 aliphatic rings. The van der Waals surface area contributed by atoms with Gasteiger partial charge in [-0.3, -0.25) is 14.9 Å². The van der Waals surface area contributed by atoms with E-state index in [1.807, 2.05) is 32.0 Å². The molecular weight excluding hydrogens is 308 g/mol. The number of piperidine rings is 1. The lowest BCUT2D eigenvalue weighted by atomic mass is 9.99. The zero-order chi connectivity index (χ0) is 17.1. The molecular formula is C16H20N6O2. The van der Waals surface area contributed by atoms with E-state index in [-0.39, 0.29) is 17.8 Å². The van der Waals surface area contributed by atoms with E-state index in [0.29, 0.717) is 18.5 Å². The molecule has 126 valence electrons. The summed E-state index contributed by atoms with van der Waals surface area (Å²) in [4.78, 5) is 27.1. The van der Waals surface area contributed by atoms with Crippen LogP contribution in [0.2, 0.25) is 0 Å². The van der Waals surface area contributed by atoms with Crippen LogP contribution in [0.4, 0.5) is 5.95 Å². The van der Waals surface area contributed by atoms with Gasteiger partial charge in [0.25, 0.3) is 11.9 Å². The van der Waals surface area contributed by atoms with Crippen molar-refractivity contribution in [2.75, 3.05) is 11.9 Å². The Labute approximate surface area is 139 Å². The lowest BCUT2D eigenvalue weighted by Gasteiger charge is -2.34. The molecule has 1 unspecified atom stereocenters. The Hall–Kier alpha value is -2.77. The van der Waals surface area contributed by atoms with Crippen LogP contribution in [0, 0.1) is 13.8 Å². The standard InChI is InChI=1S/C16H20N6O2/c1-10-7-11(2)9-12(8-10)15(24)22-6-4-3-5-13(22)14(23)17-16-18-20-21-19-16/h7-9,13H,3-6H2,1-2H3,(H2,17,18,19,20,21,23). The topological polar surface area (TPSA) is 104 Å². The number of anilines is 1. The predicted molar refractivity (Wildman–Crippen MR) is 87.4 cm³/mol. The number of H-pyrrole nitrogens is 1. The number of likely N-dealkylation sites (tertiary alicyclic amines) is 1. The third-order valence-corrected chi connectivity index (χ3v) is 4.12. The second-order valence-corrected chi connectivity index (χ2v) is 6.11. The highest BCUT2D eigenvalue weighted by Gasteiger charge is 2.33. The average Bonchev–Trinajstić information content (AvgIpc) is 3.06. The summed E-state index contributed by atoms with van der Waals surface area (Å²) >= 11 is 0. The highest BCUT2D eigenvalue weighted by Crippen LogP contribution is 2.22. The predicted octanol–water partition coefficient (Wildman–Crippen LogP) is 1.45. The van der Waals surface area contributed by atoms with E-state index in [4.69, 9.17) is 0 Å². The van der Waals surface area contributed by atoms with Crippen LogP contribution in [0.1, 0.15) is 40.7 Å². The molecule has 0 bridgehead atoms. The van der Waals surface area contributed by atoms with Gasteiger partial charge in [0.1, 0.15) is 6.04 Å². The summed E-state index contributed by atoms with van der Waals surface area (Å²) in [5, 5.41) is 15.7. The second kappa shape index (κ2) is 6.77. The average molecular weight is 328 g/mol. The van der Waals surface area contributed by atoms with E-state index in [9.17, 15) is 9.59 Å². The van der Waals surface area contributed by atoms with E-state index in [0.717, 1.165) is 24.0 Å². The van der Waals surface area contributed by atoms with Crippen molar-refractivity contribution >= 4 is 17.8 Å². The number of aromatic nitrogens is 4. The number of amides is 2. The molecule has 1 saturated heterocycles. The number of carbonyl (C=O) groups excluding carboxylic acids is 2. The maximum absolute atomic E-state index is 12.9. The minimum absolute atomic E-state index is 0.115. The zero-order valence-corrected chi connectivity index (χ0v) is 13.7. The van der Waals surface area contributed by atoms with E-state index >= 15 is 0 Å². The first-order chi connectivity index (χ1) is 11.5. The number of hydrogen-bond acceptors (Lipinski definition) is 5. The number of rotatable bonds is 3. The van der Waals surface area contributed by atoms with Crippen LogP contribution >= 0.6 is 0 Å². The summed E-state index contributed by atoms with van der Waals surface area (Å²) in [5.74, 6) is -0.284. The number of aryl methyl sites for hydroxylation is 2. The van der Waals surface area contributed by atoms with Gasteiger partial charge in [-0.1, -0.05) is 22.3 Å². The van der Waals surface area contributed by atoms with E-state index in [1.54, 1.807) is 4.90 Å². The highest BCUT2D eigenvalue weighted by molar-refractivity contribution is 6.00. The number of nitrogens with zero attached hydrogens (tertiary/aromatic N) is 4. The molecule has 1 aliphatic heterocycles. The molecule has 1 aromatic carbocycles. The molecule has 8 nitrogen and oxygen atoms in total. The van der Waals surface area contributed by atoms with Crippen molar-refractivity contribution in [2.24, 2.45) is 0 Å². The van der Waals surface area contributed by atoms with Crippen LogP contribution in [0.5, 0.6) is 0 Å². The van der Waals surface area contributed by atoms with Crippen molar-refractivity contribution in [1.29, 1.82) is 0 Å². The fraction of sp³-hybridized carbons (Fsp3) is 0.438. The Morgan fingerprint density at radius 1 is 1.21 bits per heavy atom. The summed E-state index contributed by atoms with van der Waals surface area (Å²) in [6.45, 7) is 4.48. The van der Waals surface area contributed by atoms with Gasteiger partial charge in [-0.2, -0.15) is 5.21 Å². The normalized spacial score (nSPS) is 17.6. The molecule has 1 aromatic heterocycles. The third kappa shape index (κ3) is 3.42. The number of hydrogen-bond donors (Lipinski definition) is 2. The first-order valence-corrected chi connectivity index (χ1v) is 7.98. The van der Waals surface area contributed by atoms with Crippen LogP contribution < -0.4 is 5.32 Å². The summed E-state index contributed by atoms with van der Waals surface area (Å²) in [5.41, 5.74) is 2.68. The Morgan fingerprint density at radius 3 is 2.62 bits per heavy atom. The molecule has 0 spiro atoms. The molecule has 0 aliphatic carbocycles. The van der Waals surface area contributed by atoms with Crippen molar-refractivity contribution in [1.82, 2.24) is 25.5 Å². The molecule has 2 heterocycles. The molecule has 24 heavy (non-hydrogen) atoms. The Bertz CT molecular complexity index is 723. The van der Waals surface area contributed by atoms with Crippen molar-refractivity contribution in [3.8, 4) is 0 Å². The summed E-state index contributed by atoms with van der Waals surface area (Å²) in [6.07, 6.45) is 2.42. The maximum Gasteiger partial charge on any atom is 0.269 e. The van der Waals surface area contributed by atoms with Gasteiger partial charge < -0.3 is 4.90 Å². The van der Waals surface area contributed by atoms with Crippen LogP contribution in [0.25, 0.3) is 0 Å². The van der Waals surface area contributed by atoms with Gasteiger partial charge in [0.05, 0.1) is 0 Å². The Kier molecular flexibility index (Phi) is 4.54. The monoisotopic (exact) mass is 328 g/mol. The molecule has 2 N–H and O–H groups in total. The lowest BCUT2D eigenvalue weighted by Crippen LogP contribution is -2.50. The fourth-order valence-electron chi connectivity index (χ4n) is 3.12. The molecule has 2 aromatic rings. The zero-order valence-electron chi connectivity index (χ0n) is 13.7. The molecule has 1 atom stereocenters. The maximum atomic E-state index is 12.9. The lowest BCUT2D eigenvalue weighted by molar-refractivity contribution is -0.121. The summed E-state index contributed by atoms with van der Waals surface area (Å²) < 4.78 is 0. The van der Waals surface area contributed by atoms with Gasteiger partial charge >= 0.3 is 0 Å². The first kappa shape index (κ1) is 16.1. The summed E-state index contributed by atoms with van der Waals surface area (Å²) in [7, 11) is 0. The smallest absolute Gasteiger partial charge is 0.269 e. The number of nitrogens with one attached hydrogen (secondary N) is 2. The largest absolute Gasteiger partial charge is 0.327 e. The third-order valence-electron chi connectivity index (χ3n) is 4.12. The molecule has 8 heteroatoms. The fourth-order valence-corrected chi connectivity index (χ4v) is 3.12. The number of benzene rings is 1. The van der Waals surface area contributed by atoms with Gasteiger partial charge in [0.15, 0.2) is 0 Å². The van der Waals surface area contributed by atoms with Gasteiger partial charge in [-0.25, -0.2) is 0 Å². The van der Waals surface area contributed by atoms with E-state index in [2.05, 4.69) is 25.9 Å².